The molecule has 110 valence electrons. The fourth-order valence-electron chi connectivity index (χ4n) is 2.37. The van der Waals surface area contributed by atoms with Crippen molar-refractivity contribution in [3.8, 4) is 0 Å². The number of nitrogens with zero attached hydrogens (tertiary/aromatic N) is 4. The standard InChI is InChI=1S/C12H13N5O4/c1-5-12(20)17(8-2-6(19)7(3-18)21-8)11-9(16-5)10(13)14-4-15-11/h4,6-8,13,18-19H,1-3H2/t6-,7-,8-/m1/s1. The highest BCUT2D eigenvalue weighted by atomic mass is 16.5. The van der Waals surface area contributed by atoms with Crippen molar-refractivity contribution in [1.29, 1.82) is 5.41 Å². The molecule has 0 unspecified atom stereocenters. The fourth-order valence-corrected chi connectivity index (χ4v) is 2.37. The van der Waals surface area contributed by atoms with Crippen molar-refractivity contribution < 1.29 is 14.9 Å². The molecule has 0 aromatic carbocycles. The smallest absolute Gasteiger partial charge is 0.279 e. The van der Waals surface area contributed by atoms with E-state index in [0.29, 0.717) is 0 Å². The lowest BCUT2D eigenvalue weighted by Crippen LogP contribution is -2.49. The number of hydrogen-bond acceptors (Lipinski definition) is 7. The van der Waals surface area contributed by atoms with Gasteiger partial charge in [0, 0.05) is 6.42 Å². The van der Waals surface area contributed by atoms with Crippen LogP contribution in [-0.4, -0.2) is 50.8 Å². The second-order valence-corrected chi connectivity index (χ2v) is 4.74. The lowest BCUT2D eigenvalue weighted by Gasteiger charge is -2.17. The number of aliphatic hydroxyl groups excluding tert-OH is 2. The molecule has 0 amide bonds. The zero-order valence-corrected chi connectivity index (χ0v) is 10.9. The van der Waals surface area contributed by atoms with Crippen LogP contribution in [0.5, 0.6) is 0 Å². The van der Waals surface area contributed by atoms with Gasteiger partial charge in [0.25, 0.3) is 5.56 Å². The normalized spacial score (nSPS) is 27.5. The van der Waals surface area contributed by atoms with E-state index in [0.717, 1.165) is 6.34 Å². The van der Waals surface area contributed by atoms with Crippen molar-refractivity contribution in [2.45, 2.75) is 24.9 Å². The Kier molecular flexibility index (Phi) is 3.24. The van der Waals surface area contributed by atoms with Crippen molar-refractivity contribution in [2.75, 3.05) is 6.61 Å². The monoisotopic (exact) mass is 291 g/mol. The Labute approximate surface area is 118 Å². The zero-order chi connectivity index (χ0) is 15.1. The molecule has 3 heterocycles. The summed E-state index contributed by atoms with van der Waals surface area (Å²) in [6, 6.07) is 0. The molecule has 3 N–H and O–H groups in total. The maximum absolute atomic E-state index is 12.3. The minimum absolute atomic E-state index is 0.0589. The van der Waals surface area contributed by atoms with Crippen molar-refractivity contribution >= 4 is 18.8 Å². The van der Waals surface area contributed by atoms with Gasteiger partial charge in [-0.1, -0.05) is 6.58 Å². The summed E-state index contributed by atoms with van der Waals surface area (Å²) in [4.78, 5) is 23.9. The van der Waals surface area contributed by atoms with E-state index in [4.69, 9.17) is 15.3 Å². The van der Waals surface area contributed by atoms with E-state index in [-0.39, 0.29) is 35.4 Å². The van der Waals surface area contributed by atoms with Gasteiger partial charge < -0.3 is 14.9 Å². The number of amidine groups is 1. The number of aliphatic hydroxyl groups is 2. The Morgan fingerprint density at radius 3 is 3.00 bits per heavy atom. The number of nitrogens with one attached hydrogen (secondary N) is 1. The Morgan fingerprint density at radius 1 is 1.57 bits per heavy atom. The Bertz CT molecular complexity index is 799. The molecule has 1 aromatic rings. The van der Waals surface area contributed by atoms with Crippen LogP contribution in [-0.2, 0) is 4.74 Å². The average molecular weight is 291 g/mol. The molecule has 0 radical (unpaired) electrons. The van der Waals surface area contributed by atoms with E-state index in [2.05, 4.69) is 21.5 Å². The molecule has 0 aliphatic carbocycles. The lowest BCUT2D eigenvalue weighted by molar-refractivity contribution is -0.0469. The van der Waals surface area contributed by atoms with Crippen LogP contribution in [0.25, 0.3) is 6.58 Å². The molecule has 3 atom stereocenters. The second kappa shape index (κ2) is 4.95. The molecule has 2 aliphatic rings. The first kappa shape index (κ1) is 13.7. The van der Waals surface area contributed by atoms with Gasteiger partial charge in [0.05, 0.1) is 12.7 Å². The highest BCUT2D eigenvalue weighted by Gasteiger charge is 2.36. The average Bonchev–Trinajstić information content (AvgIpc) is 2.82. The van der Waals surface area contributed by atoms with Crippen molar-refractivity contribution in [3.05, 3.63) is 26.9 Å². The van der Waals surface area contributed by atoms with Crippen LogP contribution in [0, 0.1) is 5.41 Å². The Balaban J connectivity index is 2.21. The topological polar surface area (TPSA) is 133 Å². The van der Waals surface area contributed by atoms with Crippen LogP contribution in [0.3, 0.4) is 0 Å². The highest BCUT2D eigenvalue weighted by Crippen LogP contribution is 2.26. The summed E-state index contributed by atoms with van der Waals surface area (Å²) < 4.78 is 6.68. The molecule has 9 heteroatoms. The van der Waals surface area contributed by atoms with E-state index in [9.17, 15) is 9.90 Å². The second-order valence-electron chi connectivity index (χ2n) is 4.74. The lowest BCUT2D eigenvalue weighted by atomic mass is 10.2. The summed E-state index contributed by atoms with van der Waals surface area (Å²) in [5.41, 5.74) is -0.243. The molecule has 3 rings (SSSR count). The van der Waals surface area contributed by atoms with Gasteiger partial charge in [0.15, 0.2) is 17.0 Å². The molecule has 9 nitrogen and oxygen atoms in total. The van der Waals surface area contributed by atoms with Gasteiger partial charge in [-0.05, 0) is 0 Å². The molecule has 0 spiro atoms. The quantitative estimate of drug-likeness (QED) is 0.544. The predicted octanol–water partition coefficient (Wildman–Crippen LogP) is -2.72. The molecule has 2 aliphatic heterocycles. The predicted molar refractivity (Wildman–Crippen MR) is 71.7 cm³/mol. The summed E-state index contributed by atoms with van der Waals surface area (Å²) in [6.45, 7) is 3.20. The number of aromatic nitrogens is 2. The summed E-state index contributed by atoms with van der Waals surface area (Å²) >= 11 is 0. The van der Waals surface area contributed by atoms with E-state index >= 15 is 0 Å². The summed E-state index contributed by atoms with van der Waals surface area (Å²) in [7, 11) is 0. The first-order valence-electron chi connectivity index (χ1n) is 6.28. The highest BCUT2D eigenvalue weighted by molar-refractivity contribution is 6.00. The van der Waals surface area contributed by atoms with Crippen LogP contribution >= 0.6 is 0 Å². The summed E-state index contributed by atoms with van der Waals surface area (Å²) in [6.07, 6.45) is -1.18. The molecule has 1 saturated heterocycles. The van der Waals surface area contributed by atoms with Crippen LogP contribution in [0.1, 0.15) is 18.3 Å². The maximum atomic E-state index is 12.3. The number of fused-ring (bicyclic) bond motifs is 1. The van der Waals surface area contributed by atoms with Gasteiger partial charge in [0.2, 0.25) is 0 Å². The molecule has 0 saturated carbocycles. The minimum atomic E-state index is -0.888. The van der Waals surface area contributed by atoms with Crippen LogP contribution < -0.4 is 16.4 Å². The molecule has 1 fully saturated rings. The first-order valence-corrected chi connectivity index (χ1v) is 6.28. The van der Waals surface area contributed by atoms with Gasteiger partial charge in [0.1, 0.15) is 24.0 Å². The van der Waals surface area contributed by atoms with E-state index < -0.39 is 24.0 Å². The van der Waals surface area contributed by atoms with Crippen LogP contribution in [0.4, 0.5) is 0 Å². The largest absolute Gasteiger partial charge is 0.394 e. The third-order valence-corrected chi connectivity index (χ3v) is 3.42. The maximum Gasteiger partial charge on any atom is 0.279 e. The Morgan fingerprint density at radius 2 is 2.33 bits per heavy atom. The van der Waals surface area contributed by atoms with Crippen molar-refractivity contribution in [3.63, 3.8) is 0 Å². The number of rotatable bonds is 2. The van der Waals surface area contributed by atoms with Gasteiger partial charge in [-0.2, -0.15) is 0 Å². The fraction of sp³-hybridized carbons (Fsp3) is 0.417. The number of ether oxygens (including phenoxy) is 1. The summed E-state index contributed by atoms with van der Waals surface area (Å²) in [5.74, 6) is -0.129. The summed E-state index contributed by atoms with van der Waals surface area (Å²) in [5, 5.41) is 26.6. The SMILES string of the molecule is C=c1nc2c(n([C@H]3C[C@@H](O)[C@@H](CO)O3)c1=O)=NC=NC2=N. The number of aliphatic imine (C=N–C) groups is 1. The van der Waals surface area contributed by atoms with Gasteiger partial charge in [-0.3, -0.25) is 14.8 Å². The molecular formula is C12H13N5O4. The van der Waals surface area contributed by atoms with Gasteiger partial charge in [-0.25, -0.2) is 15.0 Å². The third kappa shape index (κ3) is 2.11. The zero-order valence-electron chi connectivity index (χ0n) is 10.9. The van der Waals surface area contributed by atoms with Crippen molar-refractivity contribution in [1.82, 2.24) is 9.55 Å². The molecule has 0 bridgehead atoms. The first-order chi connectivity index (χ1) is 10.0. The van der Waals surface area contributed by atoms with Gasteiger partial charge >= 0.3 is 0 Å². The van der Waals surface area contributed by atoms with E-state index in [1.807, 2.05) is 0 Å². The van der Waals surface area contributed by atoms with E-state index in [1.54, 1.807) is 0 Å². The molecular weight excluding hydrogens is 278 g/mol. The molecule has 21 heavy (non-hydrogen) atoms. The van der Waals surface area contributed by atoms with E-state index in [1.165, 1.54) is 4.57 Å². The minimum Gasteiger partial charge on any atom is -0.394 e. The van der Waals surface area contributed by atoms with Crippen molar-refractivity contribution in [2.24, 2.45) is 9.98 Å². The molecule has 1 aromatic heterocycles. The number of hydrogen-bond donors (Lipinski definition) is 3. The van der Waals surface area contributed by atoms with Gasteiger partial charge in [-0.15, -0.1) is 0 Å². The third-order valence-electron chi connectivity index (χ3n) is 3.42. The Hall–Kier alpha value is -2.23. The van der Waals surface area contributed by atoms with Crippen LogP contribution in [0.15, 0.2) is 14.8 Å². The van der Waals surface area contributed by atoms with Crippen LogP contribution in [0.2, 0.25) is 0 Å².